The van der Waals surface area contributed by atoms with Crippen LogP contribution in [0.5, 0.6) is 0 Å². The van der Waals surface area contributed by atoms with Crippen molar-refractivity contribution >= 4 is 0 Å². The second kappa shape index (κ2) is 7.28. The van der Waals surface area contributed by atoms with Crippen molar-refractivity contribution in [2.75, 3.05) is 0 Å². The van der Waals surface area contributed by atoms with E-state index in [1.165, 1.54) is 12.1 Å². The molecule has 4 rings (SSSR count). The molecule has 3 heterocycles. The Morgan fingerprint density at radius 1 is 1.04 bits per heavy atom. The van der Waals surface area contributed by atoms with E-state index in [0.29, 0.717) is 13.1 Å². The molecule has 0 aliphatic rings. The molecule has 1 aromatic carbocycles. The van der Waals surface area contributed by atoms with Gasteiger partial charge in [0.1, 0.15) is 11.5 Å². The fourth-order valence-corrected chi connectivity index (χ4v) is 2.68. The molecule has 0 atom stereocenters. The zero-order valence-corrected chi connectivity index (χ0v) is 13.8. The molecule has 0 amide bonds. The lowest BCUT2D eigenvalue weighted by Gasteiger charge is -2.04. The van der Waals surface area contributed by atoms with Crippen molar-refractivity contribution in [2.45, 2.75) is 13.1 Å². The Labute approximate surface area is 149 Å². The fraction of sp³-hybridized carbons (Fsp3) is 0.105. The van der Waals surface area contributed by atoms with Crippen molar-refractivity contribution in [1.82, 2.24) is 25.7 Å². The third-order valence-electron chi connectivity index (χ3n) is 3.98. The van der Waals surface area contributed by atoms with Crippen molar-refractivity contribution in [3.8, 4) is 22.5 Å². The molecule has 6 nitrogen and oxygen atoms in total. The van der Waals surface area contributed by atoms with Gasteiger partial charge in [-0.1, -0.05) is 5.16 Å². The van der Waals surface area contributed by atoms with Crippen molar-refractivity contribution in [1.29, 1.82) is 0 Å². The van der Waals surface area contributed by atoms with Crippen molar-refractivity contribution in [3.63, 3.8) is 0 Å². The SMILES string of the molecule is Fc1ccc(-c2[nH]ncc2CNCc2cc(-c3cccnc3)no2)cc1. The van der Waals surface area contributed by atoms with E-state index in [1.54, 1.807) is 30.7 Å². The van der Waals surface area contributed by atoms with E-state index in [4.69, 9.17) is 4.52 Å². The van der Waals surface area contributed by atoms with Crippen LogP contribution in [0.15, 0.2) is 65.6 Å². The molecule has 4 aromatic rings. The molecule has 3 aromatic heterocycles. The first kappa shape index (κ1) is 16.2. The molecule has 0 radical (unpaired) electrons. The van der Waals surface area contributed by atoms with Gasteiger partial charge in [0.15, 0.2) is 5.76 Å². The molecule has 130 valence electrons. The maximum Gasteiger partial charge on any atom is 0.151 e. The number of hydrogen-bond donors (Lipinski definition) is 2. The van der Waals surface area contributed by atoms with Gasteiger partial charge in [-0.3, -0.25) is 10.1 Å². The first-order chi connectivity index (χ1) is 12.8. The minimum absolute atomic E-state index is 0.261. The highest BCUT2D eigenvalue weighted by atomic mass is 19.1. The summed E-state index contributed by atoms with van der Waals surface area (Å²) in [6.07, 6.45) is 5.22. The third kappa shape index (κ3) is 3.52. The van der Waals surface area contributed by atoms with Crippen LogP contribution in [-0.2, 0) is 13.1 Å². The zero-order chi connectivity index (χ0) is 17.8. The summed E-state index contributed by atoms with van der Waals surface area (Å²) in [5, 5.41) is 14.4. The zero-order valence-electron chi connectivity index (χ0n) is 13.8. The summed E-state index contributed by atoms with van der Waals surface area (Å²) < 4.78 is 18.4. The van der Waals surface area contributed by atoms with Gasteiger partial charge >= 0.3 is 0 Å². The highest BCUT2D eigenvalue weighted by Gasteiger charge is 2.09. The molecule has 7 heteroatoms. The molecule has 0 saturated carbocycles. The van der Waals surface area contributed by atoms with Crippen LogP contribution in [0.25, 0.3) is 22.5 Å². The smallest absolute Gasteiger partial charge is 0.151 e. The van der Waals surface area contributed by atoms with E-state index in [1.807, 2.05) is 18.2 Å². The summed E-state index contributed by atoms with van der Waals surface area (Å²) in [5.41, 5.74) is 4.41. The summed E-state index contributed by atoms with van der Waals surface area (Å²) in [6.45, 7) is 1.12. The molecule has 0 unspecified atom stereocenters. The molecule has 0 spiro atoms. The Kier molecular flexibility index (Phi) is 4.53. The highest BCUT2D eigenvalue weighted by molar-refractivity contribution is 5.62. The molecule has 0 saturated heterocycles. The molecular formula is C19H16FN5O. The Morgan fingerprint density at radius 2 is 1.92 bits per heavy atom. The molecule has 26 heavy (non-hydrogen) atoms. The van der Waals surface area contributed by atoms with Gasteiger partial charge in [0, 0.05) is 41.7 Å². The molecule has 0 aliphatic heterocycles. The van der Waals surface area contributed by atoms with Gasteiger partial charge in [0.05, 0.1) is 18.4 Å². The first-order valence-electron chi connectivity index (χ1n) is 8.14. The van der Waals surface area contributed by atoms with Crippen LogP contribution in [-0.4, -0.2) is 20.3 Å². The Hall–Kier alpha value is -3.32. The highest BCUT2D eigenvalue weighted by Crippen LogP contribution is 2.22. The second-order valence-electron chi connectivity index (χ2n) is 5.80. The fourth-order valence-electron chi connectivity index (χ4n) is 2.68. The van der Waals surface area contributed by atoms with Crippen LogP contribution in [0.1, 0.15) is 11.3 Å². The van der Waals surface area contributed by atoms with Gasteiger partial charge in [-0.2, -0.15) is 5.10 Å². The predicted octanol–water partition coefficient (Wildman–Crippen LogP) is 3.56. The van der Waals surface area contributed by atoms with E-state index >= 15 is 0 Å². The second-order valence-corrected chi connectivity index (χ2v) is 5.80. The van der Waals surface area contributed by atoms with Crippen LogP contribution in [0.2, 0.25) is 0 Å². The lowest BCUT2D eigenvalue weighted by molar-refractivity contribution is 0.374. The lowest BCUT2D eigenvalue weighted by Crippen LogP contribution is -2.12. The minimum Gasteiger partial charge on any atom is -0.359 e. The predicted molar refractivity (Wildman–Crippen MR) is 94.3 cm³/mol. The van der Waals surface area contributed by atoms with E-state index in [9.17, 15) is 4.39 Å². The summed E-state index contributed by atoms with van der Waals surface area (Å²) in [6, 6.07) is 12.0. The minimum atomic E-state index is -0.261. The van der Waals surface area contributed by atoms with Gasteiger partial charge in [0.25, 0.3) is 0 Å². The summed E-state index contributed by atoms with van der Waals surface area (Å²) >= 11 is 0. The van der Waals surface area contributed by atoms with Gasteiger partial charge in [-0.25, -0.2) is 4.39 Å². The van der Waals surface area contributed by atoms with E-state index in [2.05, 4.69) is 25.7 Å². The van der Waals surface area contributed by atoms with Crippen molar-refractivity contribution in [3.05, 3.63) is 78.2 Å². The molecule has 2 N–H and O–H groups in total. The number of pyridine rings is 1. The number of aromatic nitrogens is 4. The molecule has 0 fully saturated rings. The largest absolute Gasteiger partial charge is 0.359 e. The number of hydrogen-bond acceptors (Lipinski definition) is 5. The Bertz CT molecular complexity index is 979. The number of aromatic amines is 1. The number of H-pyrrole nitrogens is 1. The quantitative estimate of drug-likeness (QED) is 0.556. The van der Waals surface area contributed by atoms with Gasteiger partial charge in [-0.05, 0) is 36.4 Å². The van der Waals surface area contributed by atoms with E-state index in [-0.39, 0.29) is 5.82 Å². The van der Waals surface area contributed by atoms with Crippen LogP contribution in [0.4, 0.5) is 4.39 Å². The number of nitrogens with zero attached hydrogens (tertiary/aromatic N) is 3. The first-order valence-corrected chi connectivity index (χ1v) is 8.14. The summed E-state index contributed by atoms with van der Waals surface area (Å²) in [5.74, 6) is 0.471. The standard InChI is InChI=1S/C19H16FN5O/c20-16-5-3-13(4-6-16)19-15(11-23-24-19)10-22-12-17-8-18(25-26-17)14-2-1-7-21-9-14/h1-9,11,22H,10,12H2,(H,23,24). The summed E-state index contributed by atoms with van der Waals surface area (Å²) in [4.78, 5) is 4.08. The van der Waals surface area contributed by atoms with E-state index in [0.717, 1.165) is 33.8 Å². The molecule has 0 bridgehead atoms. The van der Waals surface area contributed by atoms with Gasteiger partial charge < -0.3 is 9.84 Å². The average Bonchev–Trinajstić information content (AvgIpc) is 3.33. The lowest BCUT2D eigenvalue weighted by atomic mass is 10.1. The normalized spacial score (nSPS) is 11.0. The van der Waals surface area contributed by atoms with Crippen LogP contribution < -0.4 is 5.32 Å². The summed E-state index contributed by atoms with van der Waals surface area (Å²) in [7, 11) is 0. The molecule has 0 aliphatic carbocycles. The van der Waals surface area contributed by atoms with Gasteiger partial charge in [0.2, 0.25) is 0 Å². The topological polar surface area (TPSA) is 79.6 Å². The Morgan fingerprint density at radius 3 is 2.73 bits per heavy atom. The number of rotatable bonds is 6. The van der Waals surface area contributed by atoms with E-state index < -0.39 is 0 Å². The van der Waals surface area contributed by atoms with Crippen LogP contribution in [0.3, 0.4) is 0 Å². The number of benzene rings is 1. The van der Waals surface area contributed by atoms with Crippen molar-refractivity contribution < 1.29 is 8.91 Å². The molecular weight excluding hydrogens is 333 g/mol. The maximum atomic E-state index is 13.1. The number of halogens is 1. The van der Waals surface area contributed by atoms with Crippen molar-refractivity contribution in [2.24, 2.45) is 0 Å². The average molecular weight is 349 g/mol. The van der Waals surface area contributed by atoms with Crippen LogP contribution in [0, 0.1) is 5.82 Å². The third-order valence-corrected chi connectivity index (χ3v) is 3.98. The maximum absolute atomic E-state index is 13.1. The van der Waals surface area contributed by atoms with Gasteiger partial charge in [-0.15, -0.1) is 0 Å². The number of nitrogens with one attached hydrogen (secondary N) is 2. The Balaban J connectivity index is 1.39. The van der Waals surface area contributed by atoms with Crippen LogP contribution >= 0.6 is 0 Å². The monoisotopic (exact) mass is 349 g/mol.